The van der Waals surface area contributed by atoms with Gasteiger partial charge in [0.1, 0.15) is 0 Å². The van der Waals surface area contributed by atoms with Gasteiger partial charge in [0.25, 0.3) is 0 Å². The summed E-state index contributed by atoms with van der Waals surface area (Å²) >= 11 is 1.60. The number of thioether (sulfide) groups is 1. The molecule has 0 radical (unpaired) electrons. The smallest absolute Gasteiger partial charge is 0.247 e. The van der Waals surface area contributed by atoms with Crippen molar-refractivity contribution in [1.82, 2.24) is 25.0 Å². The molecule has 0 amide bonds. The summed E-state index contributed by atoms with van der Waals surface area (Å²) in [7, 11) is 0. The van der Waals surface area contributed by atoms with Crippen LogP contribution in [0.25, 0.3) is 23.0 Å². The molecule has 0 saturated heterocycles. The lowest BCUT2D eigenvalue weighted by Gasteiger charge is -2.25. The third-order valence-electron chi connectivity index (χ3n) is 5.72. The minimum absolute atomic E-state index is 0.0531. The molecular formula is C23H25N5O2S. The molecule has 5 rings (SSSR count). The normalized spacial score (nSPS) is 15.9. The summed E-state index contributed by atoms with van der Waals surface area (Å²) in [5.74, 6) is 2.65. The van der Waals surface area contributed by atoms with Gasteiger partial charge in [0.15, 0.2) is 10.9 Å². The van der Waals surface area contributed by atoms with Crippen LogP contribution in [0.5, 0.6) is 0 Å². The van der Waals surface area contributed by atoms with Crippen molar-refractivity contribution in [3.8, 4) is 23.0 Å². The summed E-state index contributed by atoms with van der Waals surface area (Å²) in [5, 5.41) is 18.3. The summed E-state index contributed by atoms with van der Waals surface area (Å²) in [4.78, 5) is 0. The van der Waals surface area contributed by atoms with E-state index < -0.39 is 0 Å². The predicted molar refractivity (Wildman–Crippen MR) is 119 cm³/mol. The maximum atomic E-state index is 5.99. The molecule has 1 aliphatic rings. The molecule has 0 aliphatic heterocycles. The second-order valence-corrected chi connectivity index (χ2v) is 9.32. The first kappa shape index (κ1) is 20.1. The molecule has 1 saturated carbocycles. The van der Waals surface area contributed by atoms with Gasteiger partial charge < -0.3 is 8.83 Å². The zero-order valence-corrected chi connectivity index (χ0v) is 18.5. The van der Waals surface area contributed by atoms with E-state index in [0.29, 0.717) is 17.8 Å². The van der Waals surface area contributed by atoms with E-state index in [4.69, 9.17) is 8.83 Å². The number of aryl methyl sites for hydroxylation is 1. The Balaban J connectivity index is 1.41. The molecule has 3 heterocycles. The van der Waals surface area contributed by atoms with E-state index >= 15 is 0 Å². The lowest BCUT2D eigenvalue weighted by Crippen LogP contribution is -2.15. The van der Waals surface area contributed by atoms with Crippen molar-refractivity contribution >= 4 is 11.8 Å². The van der Waals surface area contributed by atoms with Gasteiger partial charge in [-0.3, -0.25) is 4.57 Å². The number of furan rings is 1. The van der Waals surface area contributed by atoms with Crippen LogP contribution >= 0.6 is 11.8 Å². The summed E-state index contributed by atoms with van der Waals surface area (Å²) in [6, 6.07) is 12.3. The first-order valence-electron chi connectivity index (χ1n) is 10.7. The minimum atomic E-state index is -0.0531. The molecule has 1 unspecified atom stereocenters. The third-order valence-corrected chi connectivity index (χ3v) is 6.76. The summed E-state index contributed by atoms with van der Waals surface area (Å²) in [5.41, 5.74) is 2.12. The van der Waals surface area contributed by atoms with Gasteiger partial charge in [-0.15, -0.1) is 20.4 Å². The van der Waals surface area contributed by atoms with Crippen molar-refractivity contribution in [3.63, 3.8) is 0 Å². The van der Waals surface area contributed by atoms with Gasteiger partial charge in [0.2, 0.25) is 17.6 Å². The molecule has 160 valence electrons. The molecular weight excluding hydrogens is 410 g/mol. The number of nitrogens with zero attached hydrogens (tertiary/aromatic N) is 5. The highest BCUT2D eigenvalue weighted by Gasteiger charge is 2.27. The van der Waals surface area contributed by atoms with Crippen LogP contribution in [0.1, 0.15) is 61.8 Å². The Morgan fingerprint density at radius 2 is 1.81 bits per heavy atom. The van der Waals surface area contributed by atoms with Crippen LogP contribution in [0.3, 0.4) is 0 Å². The summed E-state index contributed by atoms with van der Waals surface area (Å²) in [6.45, 7) is 4.12. The fourth-order valence-electron chi connectivity index (χ4n) is 4.02. The first-order valence-corrected chi connectivity index (χ1v) is 11.6. The zero-order chi connectivity index (χ0) is 21.2. The van der Waals surface area contributed by atoms with E-state index in [1.54, 1.807) is 18.0 Å². The molecule has 1 atom stereocenters. The molecule has 1 aromatic carbocycles. The van der Waals surface area contributed by atoms with E-state index in [2.05, 4.69) is 38.8 Å². The number of hydrogen-bond donors (Lipinski definition) is 0. The van der Waals surface area contributed by atoms with E-state index in [1.807, 2.05) is 36.4 Å². The van der Waals surface area contributed by atoms with E-state index in [0.717, 1.165) is 35.1 Å². The molecule has 1 aliphatic carbocycles. The molecule has 8 heteroatoms. The highest BCUT2D eigenvalue weighted by Crippen LogP contribution is 2.40. The Labute approximate surface area is 185 Å². The van der Waals surface area contributed by atoms with Crippen molar-refractivity contribution in [2.24, 2.45) is 0 Å². The van der Waals surface area contributed by atoms with E-state index in [-0.39, 0.29) is 5.25 Å². The van der Waals surface area contributed by atoms with E-state index in [1.165, 1.54) is 24.8 Å². The van der Waals surface area contributed by atoms with Crippen molar-refractivity contribution < 1.29 is 8.83 Å². The van der Waals surface area contributed by atoms with Crippen molar-refractivity contribution in [1.29, 1.82) is 0 Å². The average Bonchev–Trinajstić information content (AvgIpc) is 3.55. The van der Waals surface area contributed by atoms with Gasteiger partial charge in [-0.1, -0.05) is 48.7 Å². The fraction of sp³-hybridized carbons (Fsp3) is 0.391. The van der Waals surface area contributed by atoms with Crippen LogP contribution in [0, 0.1) is 6.92 Å². The Morgan fingerprint density at radius 1 is 1.00 bits per heavy atom. The number of rotatable bonds is 6. The van der Waals surface area contributed by atoms with Crippen LogP contribution in [-0.4, -0.2) is 25.0 Å². The highest BCUT2D eigenvalue weighted by molar-refractivity contribution is 7.99. The number of aromatic nitrogens is 5. The molecule has 0 spiro atoms. The molecule has 0 N–H and O–H groups in total. The number of benzene rings is 1. The monoisotopic (exact) mass is 435 g/mol. The Bertz CT molecular complexity index is 1130. The Hall–Kier alpha value is -2.87. The fourth-order valence-corrected chi connectivity index (χ4v) is 4.97. The molecule has 4 aromatic rings. The van der Waals surface area contributed by atoms with Crippen LogP contribution in [0.15, 0.2) is 56.7 Å². The average molecular weight is 436 g/mol. The minimum Gasteiger partial charge on any atom is -0.461 e. The maximum absolute atomic E-state index is 5.99. The predicted octanol–water partition coefficient (Wildman–Crippen LogP) is 6.26. The molecule has 0 bridgehead atoms. The number of hydrogen-bond acceptors (Lipinski definition) is 7. The van der Waals surface area contributed by atoms with Crippen LogP contribution < -0.4 is 0 Å². The molecule has 31 heavy (non-hydrogen) atoms. The van der Waals surface area contributed by atoms with Crippen molar-refractivity contribution in [2.45, 2.75) is 62.4 Å². The van der Waals surface area contributed by atoms with Gasteiger partial charge in [0, 0.05) is 11.6 Å². The molecule has 7 nitrogen and oxygen atoms in total. The van der Waals surface area contributed by atoms with Crippen LogP contribution in [-0.2, 0) is 0 Å². The lowest BCUT2D eigenvalue weighted by molar-refractivity contribution is 0.337. The second kappa shape index (κ2) is 8.70. The lowest BCUT2D eigenvalue weighted by atomic mass is 9.95. The highest BCUT2D eigenvalue weighted by atomic mass is 32.2. The topological polar surface area (TPSA) is 82.8 Å². The standard InChI is InChI=1S/C23H25N5O2S/c1-15-10-12-17(13-11-15)22-26-25-21(30-22)16(2)31-23-27-24-20(19-9-6-14-29-19)28(23)18-7-4-3-5-8-18/h6,9-14,16,18H,3-5,7-8H2,1-2H3. The van der Waals surface area contributed by atoms with Crippen LogP contribution in [0.2, 0.25) is 0 Å². The SMILES string of the molecule is Cc1ccc(-c2nnc(C(C)Sc3nnc(-c4ccco4)n3C3CCCCC3)o2)cc1. The summed E-state index contributed by atoms with van der Waals surface area (Å²) < 4.78 is 13.9. The second-order valence-electron chi connectivity index (χ2n) is 8.02. The Kier molecular flexibility index (Phi) is 5.63. The molecule has 1 fully saturated rings. The van der Waals surface area contributed by atoms with Crippen molar-refractivity contribution in [2.75, 3.05) is 0 Å². The van der Waals surface area contributed by atoms with Gasteiger partial charge in [0.05, 0.1) is 11.5 Å². The van der Waals surface area contributed by atoms with Gasteiger partial charge in [-0.2, -0.15) is 0 Å². The summed E-state index contributed by atoms with van der Waals surface area (Å²) in [6.07, 6.45) is 7.68. The molecule has 3 aromatic heterocycles. The first-order chi connectivity index (χ1) is 15.2. The van der Waals surface area contributed by atoms with E-state index in [9.17, 15) is 0 Å². The zero-order valence-electron chi connectivity index (χ0n) is 17.7. The largest absolute Gasteiger partial charge is 0.461 e. The van der Waals surface area contributed by atoms with Gasteiger partial charge in [-0.25, -0.2) is 0 Å². The quantitative estimate of drug-likeness (QED) is 0.331. The third kappa shape index (κ3) is 4.17. The van der Waals surface area contributed by atoms with Crippen LogP contribution in [0.4, 0.5) is 0 Å². The maximum Gasteiger partial charge on any atom is 0.247 e. The van der Waals surface area contributed by atoms with Gasteiger partial charge in [-0.05, 0) is 51.0 Å². The van der Waals surface area contributed by atoms with Gasteiger partial charge >= 0.3 is 0 Å². The Morgan fingerprint density at radius 3 is 2.55 bits per heavy atom. The van der Waals surface area contributed by atoms with Crippen molar-refractivity contribution in [3.05, 3.63) is 54.1 Å².